The average molecular weight is 278 g/mol. The molecule has 20 heavy (non-hydrogen) atoms. The Kier molecular flexibility index (Phi) is 4.92. The molecule has 1 aromatic carbocycles. The van der Waals surface area contributed by atoms with Crippen LogP contribution < -0.4 is 4.74 Å². The first-order valence-corrected chi connectivity index (χ1v) is 7.74. The van der Waals surface area contributed by atoms with Crippen LogP contribution >= 0.6 is 0 Å². The van der Waals surface area contributed by atoms with Crippen LogP contribution in [0.25, 0.3) is 0 Å². The van der Waals surface area contributed by atoms with Gasteiger partial charge in [-0.25, -0.2) is 0 Å². The summed E-state index contributed by atoms with van der Waals surface area (Å²) in [5.74, 6) is 0.808. The Labute approximate surface area is 121 Å². The van der Waals surface area contributed by atoms with E-state index in [1.807, 2.05) is 0 Å². The fourth-order valence-corrected chi connectivity index (χ4v) is 2.97. The number of unbranched alkanes of at least 4 members (excludes halogenated alkanes) is 4. The normalized spacial score (nSPS) is 25.1. The van der Waals surface area contributed by atoms with E-state index in [1.165, 1.54) is 25.7 Å². The van der Waals surface area contributed by atoms with E-state index in [0.717, 1.165) is 18.4 Å². The Morgan fingerprint density at radius 1 is 1.25 bits per heavy atom. The quantitative estimate of drug-likeness (QED) is 0.762. The van der Waals surface area contributed by atoms with Crippen molar-refractivity contribution < 1.29 is 14.9 Å². The molecule has 0 saturated carbocycles. The number of ether oxygens (including phenoxy) is 1. The van der Waals surface area contributed by atoms with Crippen molar-refractivity contribution in [2.45, 2.75) is 70.5 Å². The SMILES string of the molecule is CCCCCCCC1(C)CC(O)c2ccc(O)cc2O1. The van der Waals surface area contributed by atoms with Crippen LogP contribution in [0.15, 0.2) is 18.2 Å². The molecule has 2 unspecified atom stereocenters. The maximum Gasteiger partial charge on any atom is 0.129 e. The minimum absolute atomic E-state index is 0.183. The fraction of sp³-hybridized carbons (Fsp3) is 0.647. The van der Waals surface area contributed by atoms with Gasteiger partial charge in [0.15, 0.2) is 0 Å². The minimum atomic E-state index is -0.500. The summed E-state index contributed by atoms with van der Waals surface area (Å²) < 4.78 is 6.06. The van der Waals surface area contributed by atoms with E-state index >= 15 is 0 Å². The van der Waals surface area contributed by atoms with E-state index in [-0.39, 0.29) is 11.4 Å². The zero-order valence-electron chi connectivity index (χ0n) is 12.6. The highest BCUT2D eigenvalue weighted by Gasteiger charge is 2.36. The number of hydrogen-bond donors (Lipinski definition) is 2. The average Bonchev–Trinajstić information content (AvgIpc) is 2.37. The molecule has 0 saturated heterocycles. The first-order valence-electron chi connectivity index (χ1n) is 7.74. The molecule has 1 aromatic rings. The second-order valence-electron chi connectivity index (χ2n) is 6.16. The molecule has 1 heterocycles. The number of aliphatic hydroxyl groups is 1. The largest absolute Gasteiger partial charge is 0.508 e. The van der Waals surface area contributed by atoms with Crippen LogP contribution in [0.2, 0.25) is 0 Å². The molecule has 0 spiro atoms. The molecule has 0 radical (unpaired) electrons. The topological polar surface area (TPSA) is 49.7 Å². The first kappa shape index (κ1) is 15.2. The van der Waals surface area contributed by atoms with Crippen molar-refractivity contribution in [2.24, 2.45) is 0 Å². The molecule has 0 amide bonds. The lowest BCUT2D eigenvalue weighted by Crippen LogP contribution is -2.38. The van der Waals surface area contributed by atoms with E-state index in [9.17, 15) is 10.2 Å². The maximum absolute atomic E-state index is 10.3. The summed E-state index contributed by atoms with van der Waals surface area (Å²) in [6, 6.07) is 4.95. The third kappa shape index (κ3) is 3.66. The van der Waals surface area contributed by atoms with Crippen LogP contribution in [-0.4, -0.2) is 15.8 Å². The summed E-state index contributed by atoms with van der Waals surface area (Å²) in [6.07, 6.45) is 7.22. The van der Waals surface area contributed by atoms with E-state index in [1.54, 1.807) is 18.2 Å². The number of phenols is 1. The number of hydrogen-bond acceptors (Lipinski definition) is 3. The number of benzene rings is 1. The van der Waals surface area contributed by atoms with E-state index in [0.29, 0.717) is 12.2 Å². The zero-order chi connectivity index (χ0) is 14.6. The van der Waals surface area contributed by atoms with Crippen molar-refractivity contribution in [3.05, 3.63) is 23.8 Å². The van der Waals surface area contributed by atoms with Gasteiger partial charge in [0.05, 0.1) is 6.10 Å². The van der Waals surface area contributed by atoms with Crippen molar-refractivity contribution in [1.29, 1.82) is 0 Å². The molecule has 1 aliphatic rings. The molecular formula is C17H26O3. The molecular weight excluding hydrogens is 252 g/mol. The third-order valence-corrected chi connectivity index (χ3v) is 4.15. The predicted molar refractivity (Wildman–Crippen MR) is 80.1 cm³/mol. The monoisotopic (exact) mass is 278 g/mol. The fourth-order valence-electron chi connectivity index (χ4n) is 2.97. The molecule has 0 bridgehead atoms. The van der Waals surface area contributed by atoms with Crippen LogP contribution in [-0.2, 0) is 0 Å². The second kappa shape index (κ2) is 6.49. The highest BCUT2D eigenvalue weighted by molar-refractivity contribution is 5.43. The van der Waals surface area contributed by atoms with Crippen molar-refractivity contribution in [3.63, 3.8) is 0 Å². The molecule has 2 atom stereocenters. The highest BCUT2D eigenvalue weighted by Crippen LogP contribution is 2.42. The lowest BCUT2D eigenvalue weighted by molar-refractivity contribution is -0.00864. The molecule has 1 aliphatic heterocycles. The van der Waals surface area contributed by atoms with Gasteiger partial charge in [0.2, 0.25) is 0 Å². The number of rotatable bonds is 6. The lowest BCUT2D eigenvalue weighted by atomic mass is 9.86. The van der Waals surface area contributed by atoms with Gasteiger partial charge in [-0.15, -0.1) is 0 Å². The van der Waals surface area contributed by atoms with Crippen molar-refractivity contribution in [1.82, 2.24) is 0 Å². The molecule has 2 N–H and O–H groups in total. The van der Waals surface area contributed by atoms with Crippen LogP contribution in [0.4, 0.5) is 0 Å². The maximum atomic E-state index is 10.3. The highest BCUT2D eigenvalue weighted by atomic mass is 16.5. The van der Waals surface area contributed by atoms with Gasteiger partial charge in [-0.3, -0.25) is 0 Å². The van der Waals surface area contributed by atoms with Crippen LogP contribution in [0.5, 0.6) is 11.5 Å². The Balaban J connectivity index is 1.97. The summed E-state index contributed by atoms with van der Waals surface area (Å²) in [6.45, 7) is 4.27. The molecule has 0 aromatic heterocycles. The van der Waals surface area contributed by atoms with Gasteiger partial charge < -0.3 is 14.9 Å². The van der Waals surface area contributed by atoms with Crippen molar-refractivity contribution >= 4 is 0 Å². The molecule has 3 nitrogen and oxygen atoms in total. The van der Waals surface area contributed by atoms with Gasteiger partial charge in [0.1, 0.15) is 17.1 Å². The Morgan fingerprint density at radius 3 is 2.75 bits per heavy atom. The first-order chi connectivity index (χ1) is 9.54. The standard InChI is InChI=1S/C17H26O3/c1-3-4-5-6-7-10-17(2)12-15(19)14-9-8-13(18)11-16(14)20-17/h8-9,11,15,18-19H,3-7,10,12H2,1-2H3. The summed E-state index contributed by atoms with van der Waals surface area (Å²) in [7, 11) is 0. The van der Waals surface area contributed by atoms with E-state index in [4.69, 9.17) is 4.74 Å². The number of aromatic hydroxyl groups is 1. The molecule has 3 heteroatoms. The smallest absolute Gasteiger partial charge is 0.129 e. The van der Waals surface area contributed by atoms with Gasteiger partial charge in [0.25, 0.3) is 0 Å². The Bertz CT molecular complexity index is 444. The van der Waals surface area contributed by atoms with E-state index < -0.39 is 6.10 Å². The molecule has 112 valence electrons. The summed E-state index contributed by atoms with van der Waals surface area (Å²) in [5.41, 5.74) is 0.457. The number of aliphatic hydroxyl groups excluding tert-OH is 1. The van der Waals surface area contributed by atoms with Gasteiger partial charge >= 0.3 is 0 Å². The van der Waals surface area contributed by atoms with Crippen LogP contribution in [0.1, 0.15) is 70.5 Å². The second-order valence-corrected chi connectivity index (χ2v) is 6.16. The molecule has 2 rings (SSSR count). The minimum Gasteiger partial charge on any atom is -0.508 e. The van der Waals surface area contributed by atoms with Crippen molar-refractivity contribution in [3.8, 4) is 11.5 Å². The van der Waals surface area contributed by atoms with Crippen LogP contribution in [0.3, 0.4) is 0 Å². The third-order valence-electron chi connectivity index (χ3n) is 4.15. The van der Waals surface area contributed by atoms with Gasteiger partial charge in [-0.05, 0) is 31.9 Å². The molecule has 0 aliphatic carbocycles. The lowest BCUT2D eigenvalue weighted by Gasteiger charge is -2.38. The van der Waals surface area contributed by atoms with Gasteiger partial charge in [-0.1, -0.05) is 32.6 Å². The van der Waals surface area contributed by atoms with Gasteiger partial charge in [0, 0.05) is 18.1 Å². The summed E-state index contributed by atoms with van der Waals surface area (Å²) >= 11 is 0. The summed E-state index contributed by atoms with van der Waals surface area (Å²) in [5, 5.41) is 19.8. The Morgan fingerprint density at radius 2 is 2.00 bits per heavy atom. The van der Waals surface area contributed by atoms with Gasteiger partial charge in [-0.2, -0.15) is 0 Å². The predicted octanol–water partition coefficient (Wildman–Crippen LogP) is 4.33. The number of fused-ring (bicyclic) bond motifs is 1. The zero-order valence-corrected chi connectivity index (χ0v) is 12.6. The Hall–Kier alpha value is -1.22. The van der Waals surface area contributed by atoms with E-state index in [2.05, 4.69) is 13.8 Å². The van der Waals surface area contributed by atoms with Crippen molar-refractivity contribution in [2.75, 3.05) is 0 Å². The number of phenolic OH excluding ortho intramolecular Hbond substituents is 1. The molecule has 0 fully saturated rings. The summed E-state index contributed by atoms with van der Waals surface area (Å²) in [4.78, 5) is 0. The van der Waals surface area contributed by atoms with Crippen LogP contribution in [0, 0.1) is 0 Å².